The lowest BCUT2D eigenvalue weighted by molar-refractivity contribution is -0.141. The molecule has 0 fully saturated rings. The first-order valence-corrected chi connectivity index (χ1v) is 7.61. The van der Waals surface area contributed by atoms with E-state index in [0.717, 1.165) is 11.8 Å². The highest BCUT2D eigenvalue weighted by molar-refractivity contribution is 5.93. The van der Waals surface area contributed by atoms with Crippen molar-refractivity contribution in [2.24, 2.45) is 7.05 Å². The largest absolute Gasteiger partial charge is 0.433 e. The van der Waals surface area contributed by atoms with E-state index < -0.39 is 17.8 Å². The van der Waals surface area contributed by atoms with E-state index in [9.17, 15) is 18.0 Å². The van der Waals surface area contributed by atoms with Gasteiger partial charge in [-0.05, 0) is 31.2 Å². The number of amides is 1. The van der Waals surface area contributed by atoms with Gasteiger partial charge in [0, 0.05) is 18.9 Å². The van der Waals surface area contributed by atoms with Crippen LogP contribution in [-0.4, -0.2) is 30.6 Å². The summed E-state index contributed by atoms with van der Waals surface area (Å²) in [5, 5.41) is 9.16. The summed E-state index contributed by atoms with van der Waals surface area (Å²) < 4.78 is 40.2. The summed E-state index contributed by atoms with van der Waals surface area (Å²) in [4.78, 5) is 19.5. The second kappa shape index (κ2) is 6.62. The molecule has 0 spiro atoms. The van der Waals surface area contributed by atoms with E-state index in [1.54, 1.807) is 6.07 Å². The van der Waals surface area contributed by atoms with Crippen molar-refractivity contribution in [2.45, 2.75) is 19.6 Å². The lowest BCUT2D eigenvalue weighted by atomic mass is 10.2. The molecule has 136 valence electrons. The number of rotatable bonds is 4. The third kappa shape index (κ3) is 3.73. The van der Waals surface area contributed by atoms with E-state index >= 15 is 0 Å². The number of hydrogen-bond donors (Lipinski definition) is 2. The first-order chi connectivity index (χ1) is 12.2. The van der Waals surface area contributed by atoms with Gasteiger partial charge in [0.2, 0.25) is 0 Å². The van der Waals surface area contributed by atoms with E-state index in [1.165, 1.54) is 6.92 Å². The molecular weight excluding hydrogens is 349 g/mol. The molecule has 3 rings (SSSR count). The zero-order chi connectivity index (χ0) is 18.9. The van der Waals surface area contributed by atoms with Crippen molar-refractivity contribution < 1.29 is 18.0 Å². The minimum absolute atomic E-state index is 0.118. The molecule has 0 unspecified atom stereocenters. The molecule has 0 aliphatic carbocycles. The highest BCUT2D eigenvalue weighted by Crippen LogP contribution is 2.27. The van der Waals surface area contributed by atoms with Gasteiger partial charge < -0.3 is 9.88 Å². The molecule has 3 aromatic heterocycles. The Labute approximate surface area is 146 Å². The van der Waals surface area contributed by atoms with Crippen LogP contribution in [0.5, 0.6) is 0 Å². The smallest absolute Gasteiger partial charge is 0.349 e. The number of H-pyrrole nitrogens is 1. The van der Waals surface area contributed by atoms with Gasteiger partial charge in [0.1, 0.15) is 22.9 Å². The van der Waals surface area contributed by atoms with Crippen LogP contribution in [-0.2, 0) is 19.8 Å². The maximum absolute atomic E-state index is 12.8. The van der Waals surface area contributed by atoms with Crippen molar-refractivity contribution in [1.82, 2.24) is 30.0 Å². The fourth-order valence-corrected chi connectivity index (χ4v) is 2.41. The molecule has 0 aromatic carbocycles. The van der Waals surface area contributed by atoms with Crippen molar-refractivity contribution in [3.05, 3.63) is 53.4 Å². The minimum Gasteiger partial charge on any atom is -0.349 e. The molecule has 10 heteroatoms. The van der Waals surface area contributed by atoms with Gasteiger partial charge in [-0.2, -0.15) is 18.3 Å². The zero-order valence-electron chi connectivity index (χ0n) is 13.9. The molecule has 0 saturated heterocycles. The number of aromatic amines is 1. The summed E-state index contributed by atoms with van der Waals surface area (Å²) in [5.74, 6) is -0.635. The Balaban J connectivity index is 1.71. The van der Waals surface area contributed by atoms with E-state index in [2.05, 4.69) is 25.5 Å². The summed E-state index contributed by atoms with van der Waals surface area (Å²) >= 11 is 0. The van der Waals surface area contributed by atoms with Crippen LogP contribution < -0.4 is 5.32 Å². The number of aryl methyl sites for hydroxylation is 2. The quantitative estimate of drug-likeness (QED) is 0.744. The molecule has 7 nitrogen and oxygen atoms in total. The maximum Gasteiger partial charge on any atom is 0.433 e. The SMILES string of the molecule is Cc1cc(C(F)(F)F)nc(CNC(=O)c2cc(-c3cccn3C)n[nH]2)n1. The summed E-state index contributed by atoms with van der Waals surface area (Å²) in [7, 11) is 1.84. The third-order valence-corrected chi connectivity index (χ3v) is 3.63. The Morgan fingerprint density at radius 1 is 1.31 bits per heavy atom. The fraction of sp³-hybridized carbons (Fsp3) is 0.250. The molecule has 0 bridgehead atoms. The number of alkyl halides is 3. The molecule has 1 amide bonds. The van der Waals surface area contributed by atoms with Crippen LogP contribution in [0.15, 0.2) is 30.5 Å². The average molecular weight is 364 g/mol. The maximum atomic E-state index is 12.8. The lowest BCUT2D eigenvalue weighted by Crippen LogP contribution is -2.25. The lowest BCUT2D eigenvalue weighted by Gasteiger charge is -2.09. The number of aromatic nitrogens is 5. The molecule has 26 heavy (non-hydrogen) atoms. The first-order valence-electron chi connectivity index (χ1n) is 7.61. The minimum atomic E-state index is -4.57. The highest BCUT2D eigenvalue weighted by Gasteiger charge is 2.33. The number of nitrogens with one attached hydrogen (secondary N) is 2. The summed E-state index contributed by atoms with van der Waals surface area (Å²) in [6.07, 6.45) is -2.73. The van der Waals surface area contributed by atoms with Crippen LogP contribution in [0.3, 0.4) is 0 Å². The van der Waals surface area contributed by atoms with Crippen LogP contribution in [0.1, 0.15) is 27.7 Å². The van der Waals surface area contributed by atoms with E-state index in [0.29, 0.717) is 5.69 Å². The number of nitrogens with zero attached hydrogens (tertiary/aromatic N) is 4. The second-order valence-corrected chi connectivity index (χ2v) is 5.66. The average Bonchev–Trinajstić information content (AvgIpc) is 3.20. The molecule has 3 heterocycles. The van der Waals surface area contributed by atoms with Gasteiger partial charge in [0.15, 0.2) is 0 Å². The van der Waals surface area contributed by atoms with Gasteiger partial charge in [-0.25, -0.2) is 9.97 Å². The van der Waals surface area contributed by atoms with Crippen LogP contribution in [0.4, 0.5) is 13.2 Å². The Hall–Kier alpha value is -3.17. The van der Waals surface area contributed by atoms with Crippen molar-refractivity contribution in [3.8, 4) is 11.4 Å². The number of halogens is 3. The molecule has 0 saturated carbocycles. The summed E-state index contributed by atoms with van der Waals surface area (Å²) in [5.41, 5.74) is 0.710. The number of hydrogen-bond acceptors (Lipinski definition) is 4. The van der Waals surface area contributed by atoms with Gasteiger partial charge in [0.05, 0.1) is 12.2 Å². The van der Waals surface area contributed by atoms with Crippen molar-refractivity contribution in [3.63, 3.8) is 0 Å². The van der Waals surface area contributed by atoms with Crippen molar-refractivity contribution >= 4 is 5.91 Å². The first kappa shape index (κ1) is 17.6. The van der Waals surface area contributed by atoms with Gasteiger partial charge in [0.25, 0.3) is 5.91 Å². The number of carbonyl (C=O) groups is 1. The molecule has 2 N–H and O–H groups in total. The highest BCUT2D eigenvalue weighted by atomic mass is 19.4. The van der Waals surface area contributed by atoms with Gasteiger partial charge >= 0.3 is 6.18 Å². The monoisotopic (exact) mass is 364 g/mol. The van der Waals surface area contributed by atoms with E-state index in [1.807, 2.05) is 29.9 Å². The zero-order valence-corrected chi connectivity index (χ0v) is 13.9. The Morgan fingerprint density at radius 2 is 2.08 bits per heavy atom. The number of carbonyl (C=O) groups excluding carboxylic acids is 1. The Kier molecular flexibility index (Phi) is 4.49. The topological polar surface area (TPSA) is 88.5 Å². The van der Waals surface area contributed by atoms with Crippen molar-refractivity contribution in [2.75, 3.05) is 0 Å². The van der Waals surface area contributed by atoms with Crippen LogP contribution >= 0.6 is 0 Å². The van der Waals surface area contributed by atoms with Gasteiger partial charge in [-0.15, -0.1) is 0 Å². The fourth-order valence-electron chi connectivity index (χ4n) is 2.41. The second-order valence-electron chi connectivity index (χ2n) is 5.66. The molecule has 0 aliphatic rings. The molecule has 0 atom stereocenters. The molecular formula is C16H15F3N6O. The van der Waals surface area contributed by atoms with E-state index in [-0.39, 0.29) is 23.8 Å². The summed E-state index contributed by atoms with van der Waals surface area (Å²) in [6, 6.07) is 6.10. The van der Waals surface area contributed by atoms with Crippen LogP contribution in [0, 0.1) is 6.92 Å². The predicted octanol–water partition coefficient (Wildman–Crippen LogP) is 2.46. The standard InChI is InChI=1S/C16H15F3N6O/c1-9-6-13(16(17,18)19)22-14(21-9)8-20-15(26)11-7-10(23-24-11)12-4-3-5-25(12)2/h3-7H,8H2,1-2H3,(H,20,26)(H,23,24). The van der Waals surface area contributed by atoms with E-state index in [4.69, 9.17) is 0 Å². The predicted molar refractivity (Wildman–Crippen MR) is 85.9 cm³/mol. The Bertz CT molecular complexity index is 944. The summed E-state index contributed by atoms with van der Waals surface area (Å²) in [6.45, 7) is 1.20. The van der Waals surface area contributed by atoms with Gasteiger partial charge in [-0.3, -0.25) is 9.89 Å². The molecule has 3 aromatic rings. The normalized spacial score (nSPS) is 11.6. The van der Waals surface area contributed by atoms with Crippen molar-refractivity contribution in [1.29, 1.82) is 0 Å². The molecule has 0 radical (unpaired) electrons. The van der Waals surface area contributed by atoms with Gasteiger partial charge in [-0.1, -0.05) is 0 Å². The Morgan fingerprint density at radius 3 is 2.73 bits per heavy atom. The van der Waals surface area contributed by atoms with Crippen LogP contribution in [0.2, 0.25) is 0 Å². The third-order valence-electron chi connectivity index (χ3n) is 3.63. The molecule has 0 aliphatic heterocycles. The van der Waals surface area contributed by atoms with Crippen LogP contribution in [0.25, 0.3) is 11.4 Å².